The standard InChI is InChI=1S/C23H25ClN2O4S/c1-16-22(31-14-13-30-16)23(28)26(19-9-7-18(24)8-10-19)15-21(27)25-12-11-17-5-3-4-6-20(17)29-2/h3-10H,11-15H2,1-2H3,(H,25,27). The number of nitrogens with zero attached hydrogens (tertiary/aromatic N) is 1. The SMILES string of the molecule is COc1ccccc1CCNC(=O)CN(C(=O)C1=C(C)OCCS1)c1ccc(Cl)cc1. The number of benzene rings is 2. The molecule has 8 heteroatoms. The van der Waals surface area contributed by atoms with Crippen molar-refractivity contribution in [2.24, 2.45) is 0 Å². The fourth-order valence-electron chi connectivity index (χ4n) is 3.19. The second-order valence-electron chi connectivity index (χ2n) is 6.86. The number of halogens is 1. The summed E-state index contributed by atoms with van der Waals surface area (Å²) in [6, 6.07) is 14.5. The summed E-state index contributed by atoms with van der Waals surface area (Å²) >= 11 is 7.44. The van der Waals surface area contributed by atoms with Gasteiger partial charge in [-0.1, -0.05) is 29.8 Å². The van der Waals surface area contributed by atoms with Crippen molar-refractivity contribution < 1.29 is 19.1 Å². The van der Waals surface area contributed by atoms with Crippen molar-refractivity contribution >= 4 is 40.9 Å². The van der Waals surface area contributed by atoms with Crippen LogP contribution in [0.2, 0.25) is 5.02 Å². The number of carbonyl (C=O) groups excluding carboxylic acids is 2. The number of thioether (sulfide) groups is 1. The largest absolute Gasteiger partial charge is 0.496 e. The molecule has 164 valence electrons. The van der Waals surface area contributed by atoms with E-state index in [-0.39, 0.29) is 18.4 Å². The quantitative estimate of drug-likeness (QED) is 0.644. The minimum absolute atomic E-state index is 0.107. The Balaban J connectivity index is 1.70. The van der Waals surface area contributed by atoms with Gasteiger partial charge in [0.15, 0.2) is 0 Å². The lowest BCUT2D eigenvalue weighted by molar-refractivity contribution is -0.122. The number of allylic oxidation sites excluding steroid dienone is 1. The maximum Gasteiger partial charge on any atom is 0.268 e. The van der Waals surface area contributed by atoms with Crippen molar-refractivity contribution in [3.05, 3.63) is 69.8 Å². The van der Waals surface area contributed by atoms with Gasteiger partial charge in [-0.05, 0) is 49.2 Å². The molecule has 3 rings (SSSR count). The molecule has 2 amide bonds. The van der Waals surface area contributed by atoms with E-state index in [1.54, 1.807) is 38.3 Å². The molecule has 1 N–H and O–H groups in total. The van der Waals surface area contributed by atoms with Gasteiger partial charge in [-0.15, -0.1) is 11.8 Å². The van der Waals surface area contributed by atoms with E-state index in [4.69, 9.17) is 21.1 Å². The molecule has 2 aromatic rings. The number of ether oxygens (including phenoxy) is 2. The number of anilines is 1. The van der Waals surface area contributed by atoms with Crippen LogP contribution in [-0.2, 0) is 20.7 Å². The number of methoxy groups -OCH3 is 1. The summed E-state index contributed by atoms with van der Waals surface area (Å²) in [5.41, 5.74) is 1.60. The maximum atomic E-state index is 13.2. The average molecular weight is 461 g/mol. The Hall–Kier alpha value is -2.64. The third-order valence-electron chi connectivity index (χ3n) is 4.76. The summed E-state index contributed by atoms with van der Waals surface area (Å²) in [7, 11) is 1.62. The molecular weight excluding hydrogens is 436 g/mol. The third-order valence-corrected chi connectivity index (χ3v) is 6.13. The van der Waals surface area contributed by atoms with Gasteiger partial charge in [-0.3, -0.25) is 14.5 Å². The predicted molar refractivity (Wildman–Crippen MR) is 125 cm³/mol. The van der Waals surface area contributed by atoms with Gasteiger partial charge in [0.05, 0.1) is 13.7 Å². The molecular formula is C23H25ClN2O4S. The van der Waals surface area contributed by atoms with Crippen molar-refractivity contribution in [3.8, 4) is 5.75 Å². The number of para-hydroxylation sites is 1. The first-order valence-electron chi connectivity index (χ1n) is 9.92. The number of hydrogen-bond acceptors (Lipinski definition) is 5. The van der Waals surface area contributed by atoms with Crippen LogP contribution >= 0.6 is 23.4 Å². The Morgan fingerprint density at radius 2 is 1.94 bits per heavy atom. The minimum atomic E-state index is -0.260. The Labute approximate surface area is 191 Å². The van der Waals surface area contributed by atoms with E-state index in [2.05, 4.69) is 5.32 Å². The van der Waals surface area contributed by atoms with Crippen LogP contribution in [0.15, 0.2) is 59.2 Å². The Bertz CT molecular complexity index is 962. The molecule has 1 aliphatic rings. The van der Waals surface area contributed by atoms with Gasteiger partial charge in [0, 0.05) is 23.0 Å². The Morgan fingerprint density at radius 1 is 1.19 bits per heavy atom. The molecule has 1 heterocycles. The van der Waals surface area contributed by atoms with Gasteiger partial charge in [0.2, 0.25) is 5.91 Å². The van der Waals surface area contributed by atoms with Crippen LogP contribution in [0.5, 0.6) is 5.75 Å². The molecule has 31 heavy (non-hydrogen) atoms. The van der Waals surface area contributed by atoms with Crippen LogP contribution in [0.3, 0.4) is 0 Å². The van der Waals surface area contributed by atoms with E-state index < -0.39 is 0 Å². The lowest BCUT2D eigenvalue weighted by Crippen LogP contribution is -2.42. The van der Waals surface area contributed by atoms with Crippen LogP contribution in [0.4, 0.5) is 5.69 Å². The van der Waals surface area contributed by atoms with E-state index in [0.29, 0.717) is 46.7 Å². The molecule has 0 aliphatic carbocycles. The van der Waals surface area contributed by atoms with E-state index >= 15 is 0 Å². The third kappa shape index (κ3) is 6.18. The van der Waals surface area contributed by atoms with E-state index in [1.807, 2.05) is 24.3 Å². The molecule has 0 aromatic heterocycles. The molecule has 2 aromatic carbocycles. The monoisotopic (exact) mass is 460 g/mol. The highest BCUT2D eigenvalue weighted by Crippen LogP contribution is 2.29. The maximum absolute atomic E-state index is 13.2. The molecule has 6 nitrogen and oxygen atoms in total. The first-order valence-corrected chi connectivity index (χ1v) is 11.3. The number of hydrogen-bond donors (Lipinski definition) is 1. The van der Waals surface area contributed by atoms with Gasteiger partial charge < -0.3 is 14.8 Å². The number of carbonyl (C=O) groups is 2. The molecule has 0 spiro atoms. The highest BCUT2D eigenvalue weighted by molar-refractivity contribution is 8.04. The number of nitrogens with one attached hydrogen (secondary N) is 1. The van der Waals surface area contributed by atoms with Crippen LogP contribution in [-0.4, -0.2) is 44.4 Å². The van der Waals surface area contributed by atoms with Gasteiger partial charge >= 0.3 is 0 Å². The van der Waals surface area contributed by atoms with Gasteiger partial charge in [0.25, 0.3) is 5.91 Å². The summed E-state index contributed by atoms with van der Waals surface area (Å²) in [4.78, 5) is 27.9. The second-order valence-corrected chi connectivity index (χ2v) is 8.40. The predicted octanol–water partition coefficient (Wildman–Crippen LogP) is 4.04. The fourth-order valence-corrected chi connectivity index (χ4v) is 4.18. The molecule has 1 aliphatic heterocycles. The lowest BCUT2D eigenvalue weighted by atomic mass is 10.1. The van der Waals surface area contributed by atoms with E-state index in [9.17, 15) is 9.59 Å². The number of rotatable bonds is 8. The van der Waals surface area contributed by atoms with Crippen LogP contribution in [0, 0.1) is 0 Å². The first-order chi connectivity index (χ1) is 15.0. The van der Waals surface area contributed by atoms with Crippen LogP contribution in [0.25, 0.3) is 0 Å². The van der Waals surface area contributed by atoms with Crippen molar-refractivity contribution in [2.45, 2.75) is 13.3 Å². The van der Waals surface area contributed by atoms with Gasteiger partial charge in [0.1, 0.15) is 23.0 Å². The zero-order chi connectivity index (χ0) is 22.2. The summed E-state index contributed by atoms with van der Waals surface area (Å²) in [5.74, 6) is 1.55. The molecule has 0 bridgehead atoms. The Morgan fingerprint density at radius 3 is 2.65 bits per heavy atom. The Kier molecular flexibility index (Phi) is 8.26. The first kappa shape index (κ1) is 23.0. The van der Waals surface area contributed by atoms with E-state index in [0.717, 1.165) is 11.3 Å². The topological polar surface area (TPSA) is 67.9 Å². The summed E-state index contributed by atoms with van der Waals surface area (Å²) in [6.07, 6.45) is 0.624. The van der Waals surface area contributed by atoms with Crippen molar-refractivity contribution in [1.29, 1.82) is 0 Å². The second kappa shape index (κ2) is 11.1. The van der Waals surface area contributed by atoms with Crippen molar-refractivity contribution in [2.75, 3.05) is 37.5 Å². The number of amides is 2. The molecule has 0 saturated carbocycles. The lowest BCUT2D eigenvalue weighted by Gasteiger charge is -2.26. The smallest absolute Gasteiger partial charge is 0.268 e. The molecule has 0 atom stereocenters. The molecule has 0 radical (unpaired) electrons. The van der Waals surface area contributed by atoms with Crippen molar-refractivity contribution in [1.82, 2.24) is 5.32 Å². The zero-order valence-corrected chi connectivity index (χ0v) is 19.1. The summed E-state index contributed by atoms with van der Waals surface area (Å²) in [5, 5.41) is 3.45. The average Bonchev–Trinajstić information content (AvgIpc) is 2.78. The minimum Gasteiger partial charge on any atom is -0.496 e. The highest BCUT2D eigenvalue weighted by atomic mass is 35.5. The zero-order valence-electron chi connectivity index (χ0n) is 17.5. The van der Waals surface area contributed by atoms with Gasteiger partial charge in [-0.25, -0.2) is 0 Å². The van der Waals surface area contributed by atoms with Crippen molar-refractivity contribution in [3.63, 3.8) is 0 Å². The normalized spacial score (nSPS) is 13.4. The highest BCUT2D eigenvalue weighted by Gasteiger charge is 2.27. The summed E-state index contributed by atoms with van der Waals surface area (Å²) < 4.78 is 10.9. The fraction of sp³-hybridized carbons (Fsp3) is 0.304. The van der Waals surface area contributed by atoms with E-state index in [1.165, 1.54) is 16.7 Å². The molecule has 0 fully saturated rings. The van der Waals surface area contributed by atoms with Gasteiger partial charge in [-0.2, -0.15) is 0 Å². The molecule has 0 saturated heterocycles. The summed E-state index contributed by atoms with van der Waals surface area (Å²) in [6.45, 7) is 2.66. The molecule has 0 unspecified atom stereocenters. The van der Waals surface area contributed by atoms with Crippen LogP contribution in [0.1, 0.15) is 12.5 Å². The van der Waals surface area contributed by atoms with Crippen LogP contribution < -0.4 is 15.0 Å².